The summed E-state index contributed by atoms with van der Waals surface area (Å²) >= 11 is 6.11. The van der Waals surface area contributed by atoms with E-state index in [-0.39, 0.29) is 11.8 Å². The van der Waals surface area contributed by atoms with E-state index in [1.165, 1.54) is 4.90 Å². The number of hydrogen-bond acceptors (Lipinski definition) is 4. The van der Waals surface area contributed by atoms with Crippen LogP contribution in [0.3, 0.4) is 0 Å². The summed E-state index contributed by atoms with van der Waals surface area (Å²) in [5, 5.41) is 3.87. The fourth-order valence-corrected chi connectivity index (χ4v) is 4.52. The van der Waals surface area contributed by atoms with Crippen molar-refractivity contribution in [3.63, 3.8) is 0 Å². The predicted molar refractivity (Wildman–Crippen MR) is 134 cm³/mol. The van der Waals surface area contributed by atoms with Gasteiger partial charge in [0.05, 0.1) is 11.3 Å². The van der Waals surface area contributed by atoms with Gasteiger partial charge in [0.15, 0.2) is 0 Å². The molecule has 2 amide bonds. The molecule has 1 heterocycles. The van der Waals surface area contributed by atoms with Crippen molar-refractivity contribution in [2.24, 2.45) is 4.99 Å². The highest BCUT2D eigenvalue weighted by atomic mass is 35.5. The van der Waals surface area contributed by atoms with Crippen molar-refractivity contribution in [3.05, 3.63) is 88.4 Å². The Hall–Kier alpha value is -3.54. The number of hydrogen-bond donors (Lipinski definition) is 0. The van der Waals surface area contributed by atoms with Crippen molar-refractivity contribution in [1.82, 2.24) is 9.80 Å². The first-order valence-corrected chi connectivity index (χ1v) is 11.1. The highest BCUT2D eigenvalue weighted by molar-refractivity contribution is 6.32. The number of carbonyl (C=O) groups excluding carboxylic acids is 2. The Morgan fingerprint density at radius 1 is 0.909 bits per heavy atom. The summed E-state index contributed by atoms with van der Waals surface area (Å²) in [6.07, 6.45) is 1.74. The average molecular weight is 456 g/mol. The van der Waals surface area contributed by atoms with Gasteiger partial charge < -0.3 is 4.90 Å². The van der Waals surface area contributed by atoms with Gasteiger partial charge in [-0.3, -0.25) is 19.5 Å². The van der Waals surface area contributed by atoms with Crippen molar-refractivity contribution in [2.75, 3.05) is 27.2 Å². The van der Waals surface area contributed by atoms with Crippen LogP contribution in [0.1, 0.15) is 26.3 Å². The highest BCUT2D eigenvalue weighted by Gasteiger charge is 2.34. The first kappa shape index (κ1) is 21.3. The van der Waals surface area contributed by atoms with Gasteiger partial charge in [-0.15, -0.1) is 0 Å². The molecule has 0 saturated heterocycles. The average Bonchev–Trinajstić information content (AvgIpc) is 2.79. The topological polar surface area (TPSA) is 53.0 Å². The first-order valence-electron chi connectivity index (χ1n) is 10.7. The minimum atomic E-state index is -0.276. The van der Waals surface area contributed by atoms with E-state index in [1.807, 2.05) is 79.7 Å². The molecule has 4 aromatic rings. The minimum Gasteiger partial charge on any atom is -0.308 e. The van der Waals surface area contributed by atoms with Crippen LogP contribution < -0.4 is 0 Å². The van der Waals surface area contributed by atoms with E-state index in [2.05, 4.69) is 0 Å². The van der Waals surface area contributed by atoms with Crippen molar-refractivity contribution >= 4 is 56.9 Å². The summed E-state index contributed by atoms with van der Waals surface area (Å²) in [6.45, 7) is 0.915. The quantitative estimate of drug-likeness (QED) is 0.225. The Morgan fingerprint density at radius 2 is 1.64 bits per heavy atom. The molecular weight excluding hydrogens is 434 g/mol. The molecule has 5 rings (SSSR count). The van der Waals surface area contributed by atoms with Crippen LogP contribution in [0.2, 0.25) is 5.02 Å². The van der Waals surface area contributed by atoms with E-state index < -0.39 is 0 Å². The molecule has 33 heavy (non-hydrogen) atoms. The maximum Gasteiger partial charge on any atom is 0.262 e. The maximum absolute atomic E-state index is 13.7. The third kappa shape index (κ3) is 3.80. The van der Waals surface area contributed by atoms with Crippen LogP contribution in [0, 0.1) is 0 Å². The highest BCUT2D eigenvalue weighted by Crippen LogP contribution is 2.39. The Balaban J connectivity index is 1.75. The van der Waals surface area contributed by atoms with E-state index in [0.29, 0.717) is 40.3 Å². The zero-order valence-electron chi connectivity index (χ0n) is 18.4. The van der Waals surface area contributed by atoms with Crippen LogP contribution in [0.15, 0.2) is 71.7 Å². The summed E-state index contributed by atoms with van der Waals surface area (Å²) in [6, 6.07) is 20.9. The lowest BCUT2D eigenvalue weighted by molar-refractivity contribution is 0.0602. The molecule has 5 nitrogen and oxygen atoms in total. The number of likely N-dealkylation sites (N-methyl/N-ethyl adjacent to an activating group) is 1. The molecule has 0 aliphatic carbocycles. The van der Waals surface area contributed by atoms with E-state index in [1.54, 1.807) is 12.3 Å². The molecular formula is C27H22ClN3O2. The van der Waals surface area contributed by atoms with Gasteiger partial charge in [-0.05, 0) is 60.8 Å². The molecule has 1 aliphatic heterocycles. The molecule has 0 bridgehead atoms. The molecule has 0 saturated carbocycles. The number of imide groups is 1. The number of benzene rings is 4. The largest absolute Gasteiger partial charge is 0.308 e. The van der Waals surface area contributed by atoms with Gasteiger partial charge in [0.25, 0.3) is 11.8 Å². The van der Waals surface area contributed by atoms with E-state index in [4.69, 9.17) is 16.6 Å². The van der Waals surface area contributed by atoms with Crippen molar-refractivity contribution in [3.8, 4) is 0 Å². The van der Waals surface area contributed by atoms with Crippen LogP contribution in [0.25, 0.3) is 21.5 Å². The molecule has 6 heteroatoms. The molecule has 0 radical (unpaired) electrons. The number of halogens is 1. The summed E-state index contributed by atoms with van der Waals surface area (Å²) in [5.74, 6) is -0.527. The molecule has 0 unspecified atom stereocenters. The number of fused-ring (bicyclic) bond motifs is 2. The van der Waals surface area contributed by atoms with Crippen LogP contribution in [-0.2, 0) is 0 Å². The molecule has 0 fully saturated rings. The standard InChI is InChI=1S/C27H22ClN3O2/c1-30(2)12-13-31-26(32)21-10-4-7-18-15-19-8-5-11-22(24(19)25(23(18)21)27(31)33)29-16-17-6-3-9-20(28)14-17/h3-11,14-16H,12-13H2,1-2H3. The van der Waals surface area contributed by atoms with Gasteiger partial charge in [-0.1, -0.05) is 48.0 Å². The Labute approximate surface area is 196 Å². The second-order valence-electron chi connectivity index (χ2n) is 8.41. The predicted octanol–water partition coefficient (Wildman–Crippen LogP) is 5.55. The van der Waals surface area contributed by atoms with Gasteiger partial charge in [0.1, 0.15) is 0 Å². The molecule has 1 aliphatic rings. The van der Waals surface area contributed by atoms with Crippen molar-refractivity contribution < 1.29 is 9.59 Å². The summed E-state index contributed by atoms with van der Waals surface area (Å²) < 4.78 is 0. The lowest BCUT2D eigenvalue weighted by atomic mass is 9.89. The molecule has 0 N–H and O–H groups in total. The Kier molecular flexibility index (Phi) is 5.44. The summed E-state index contributed by atoms with van der Waals surface area (Å²) in [5.41, 5.74) is 2.63. The van der Waals surface area contributed by atoms with Gasteiger partial charge in [0, 0.05) is 40.7 Å². The van der Waals surface area contributed by atoms with Crippen LogP contribution in [0.4, 0.5) is 5.69 Å². The molecule has 164 valence electrons. The monoisotopic (exact) mass is 455 g/mol. The third-order valence-corrected chi connectivity index (χ3v) is 6.12. The number of nitrogens with zero attached hydrogens (tertiary/aromatic N) is 3. The Bertz CT molecular complexity index is 1460. The zero-order chi connectivity index (χ0) is 23.1. The van der Waals surface area contributed by atoms with Gasteiger partial charge in [-0.25, -0.2) is 0 Å². The molecule has 0 spiro atoms. The number of carbonyl (C=O) groups is 2. The van der Waals surface area contributed by atoms with Gasteiger partial charge in [0.2, 0.25) is 0 Å². The third-order valence-electron chi connectivity index (χ3n) is 5.89. The van der Waals surface area contributed by atoms with Gasteiger partial charge >= 0.3 is 0 Å². The van der Waals surface area contributed by atoms with Gasteiger partial charge in [-0.2, -0.15) is 0 Å². The lowest BCUT2D eigenvalue weighted by Crippen LogP contribution is -2.43. The SMILES string of the molecule is CN(C)CCN1C(=O)c2cccc3cc4cccc(N=Cc5cccc(Cl)c5)c4c(c23)C1=O. The van der Waals surface area contributed by atoms with E-state index >= 15 is 0 Å². The molecule has 4 aromatic carbocycles. The van der Waals surface area contributed by atoms with Crippen LogP contribution in [-0.4, -0.2) is 55.0 Å². The minimum absolute atomic E-state index is 0.251. The smallest absolute Gasteiger partial charge is 0.262 e. The Morgan fingerprint density at radius 3 is 2.39 bits per heavy atom. The second kappa shape index (κ2) is 8.43. The lowest BCUT2D eigenvalue weighted by Gasteiger charge is -2.29. The zero-order valence-corrected chi connectivity index (χ0v) is 19.1. The number of aliphatic imine (C=N–C) groups is 1. The van der Waals surface area contributed by atoms with Crippen molar-refractivity contribution in [1.29, 1.82) is 0 Å². The normalized spacial score (nSPS) is 13.8. The maximum atomic E-state index is 13.7. The second-order valence-corrected chi connectivity index (χ2v) is 8.85. The number of amides is 2. The van der Waals surface area contributed by atoms with E-state index in [0.717, 1.165) is 21.7 Å². The fourth-order valence-electron chi connectivity index (χ4n) is 4.32. The molecule has 0 atom stereocenters. The molecule has 0 aromatic heterocycles. The summed E-state index contributed by atoms with van der Waals surface area (Å²) in [4.78, 5) is 35.0. The van der Waals surface area contributed by atoms with Crippen molar-refractivity contribution in [2.45, 2.75) is 0 Å². The summed E-state index contributed by atoms with van der Waals surface area (Å²) in [7, 11) is 3.84. The van der Waals surface area contributed by atoms with Crippen LogP contribution >= 0.6 is 11.6 Å². The van der Waals surface area contributed by atoms with E-state index in [9.17, 15) is 9.59 Å². The first-order chi connectivity index (χ1) is 15.9. The fraction of sp³-hybridized carbons (Fsp3) is 0.148. The van der Waals surface area contributed by atoms with Crippen LogP contribution in [0.5, 0.6) is 0 Å². The number of rotatable bonds is 5.